The molecule has 0 unspecified atom stereocenters. The lowest BCUT2D eigenvalue weighted by molar-refractivity contribution is -0.137. The number of aliphatic carboxylic acids is 1. The van der Waals surface area contributed by atoms with Crippen molar-refractivity contribution in [2.75, 3.05) is 13.6 Å². The van der Waals surface area contributed by atoms with E-state index in [2.05, 4.69) is 30.1 Å². The van der Waals surface area contributed by atoms with E-state index in [-0.39, 0.29) is 6.42 Å². The van der Waals surface area contributed by atoms with Gasteiger partial charge >= 0.3 is 5.97 Å². The molecule has 1 N–H and O–H groups in total. The quantitative estimate of drug-likeness (QED) is 0.865. The van der Waals surface area contributed by atoms with E-state index in [1.807, 2.05) is 0 Å². The Balaban J connectivity index is 2.07. The Kier molecular flexibility index (Phi) is 3.79. The summed E-state index contributed by atoms with van der Waals surface area (Å²) in [5, 5.41) is 8.66. The molecule has 0 radical (unpaired) electrons. The van der Waals surface area contributed by atoms with Crippen molar-refractivity contribution in [3.63, 3.8) is 0 Å². The average molecular weight is 233 g/mol. The van der Waals surface area contributed by atoms with Gasteiger partial charge in [0.25, 0.3) is 0 Å². The van der Waals surface area contributed by atoms with Gasteiger partial charge in [0.05, 0.1) is 0 Å². The van der Waals surface area contributed by atoms with Crippen molar-refractivity contribution in [3.05, 3.63) is 34.9 Å². The minimum absolute atomic E-state index is 0.267. The second kappa shape index (κ2) is 5.32. The fourth-order valence-electron chi connectivity index (χ4n) is 2.49. The maximum absolute atomic E-state index is 10.5. The lowest BCUT2D eigenvalue weighted by Crippen LogP contribution is -2.27. The SMILES string of the molecule is CN1CCc2c(CCCC(=O)O)cccc2C1. The zero-order valence-corrected chi connectivity index (χ0v) is 10.3. The van der Waals surface area contributed by atoms with Gasteiger partial charge in [-0.25, -0.2) is 0 Å². The van der Waals surface area contributed by atoms with Crippen LogP contribution >= 0.6 is 0 Å². The molecule has 0 amide bonds. The van der Waals surface area contributed by atoms with Crippen molar-refractivity contribution >= 4 is 5.97 Å². The van der Waals surface area contributed by atoms with Crippen LogP contribution in [-0.4, -0.2) is 29.6 Å². The standard InChI is InChI=1S/C14H19NO2/c1-15-9-8-13-11(5-3-7-14(16)17)4-2-6-12(13)10-15/h2,4,6H,3,5,7-10H2,1H3,(H,16,17). The molecule has 0 aliphatic carbocycles. The van der Waals surface area contributed by atoms with Crippen LogP contribution in [0.25, 0.3) is 0 Å². The Morgan fingerprint density at radius 3 is 3.06 bits per heavy atom. The molecule has 3 nitrogen and oxygen atoms in total. The van der Waals surface area contributed by atoms with Gasteiger partial charge in [-0.15, -0.1) is 0 Å². The second-order valence-electron chi connectivity index (χ2n) is 4.79. The third kappa shape index (κ3) is 3.07. The molecule has 0 bridgehead atoms. The van der Waals surface area contributed by atoms with E-state index >= 15 is 0 Å². The van der Waals surface area contributed by atoms with E-state index in [1.54, 1.807) is 0 Å². The zero-order valence-electron chi connectivity index (χ0n) is 10.3. The van der Waals surface area contributed by atoms with Crippen LogP contribution in [0, 0.1) is 0 Å². The number of hydrogen-bond acceptors (Lipinski definition) is 2. The molecule has 0 saturated carbocycles. The van der Waals surface area contributed by atoms with E-state index < -0.39 is 5.97 Å². The number of nitrogens with zero attached hydrogens (tertiary/aromatic N) is 1. The van der Waals surface area contributed by atoms with Gasteiger partial charge in [-0.2, -0.15) is 0 Å². The van der Waals surface area contributed by atoms with Crippen LogP contribution in [0.15, 0.2) is 18.2 Å². The summed E-state index contributed by atoms with van der Waals surface area (Å²) in [6.45, 7) is 2.12. The Morgan fingerprint density at radius 1 is 1.47 bits per heavy atom. The van der Waals surface area contributed by atoms with E-state index in [0.717, 1.165) is 32.4 Å². The van der Waals surface area contributed by atoms with Gasteiger partial charge in [-0.3, -0.25) is 4.79 Å². The number of benzene rings is 1. The molecular formula is C14H19NO2. The van der Waals surface area contributed by atoms with Gasteiger partial charge in [0, 0.05) is 19.5 Å². The highest BCUT2D eigenvalue weighted by Gasteiger charge is 2.15. The monoisotopic (exact) mass is 233 g/mol. The largest absolute Gasteiger partial charge is 0.481 e. The van der Waals surface area contributed by atoms with Crippen LogP contribution in [0.5, 0.6) is 0 Å². The number of carboxylic acids is 1. The van der Waals surface area contributed by atoms with Gasteiger partial charge in [0.15, 0.2) is 0 Å². The summed E-state index contributed by atoms with van der Waals surface area (Å²) in [7, 11) is 2.14. The average Bonchev–Trinajstić information content (AvgIpc) is 2.28. The Bertz CT molecular complexity index is 415. The van der Waals surface area contributed by atoms with Crippen LogP contribution in [0.3, 0.4) is 0 Å². The molecule has 17 heavy (non-hydrogen) atoms. The summed E-state index contributed by atoms with van der Waals surface area (Å²) in [6.07, 6.45) is 2.99. The second-order valence-corrected chi connectivity index (χ2v) is 4.79. The smallest absolute Gasteiger partial charge is 0.303 e. The predicted molar refractivity (Wildman–Crippen MR) is 67.1 cm³/mol. The van der Waals surface area contributed by atoms with Crippen LogP contribution in [0.1, 0.15) is 29.5 Å². The first-order chi connectivity index (χ1) is 8.16. The van der Waals surface area contributed by atoms with Gasteiger partial charge in [0.2, 0.25) is 0 Å². The van der Waals surface area contributed by atoms with Gasteiger partial charge in [-0.1, -0.05) is 18.2 Å². The molecule has 1 heterocycles. The summed E-state index contributed by atoms with van der Waals surface area (Å²) >= 11 is 0. The van der Waals surface area contributed by atoms with E-state index in [9.17, 15) is 4.79 Å². The molecular weight excluding hydrogens is 214 g/mol. The highest BCUT2D eigenvalue weighted by Crippen LogP contribution is 2.23. The highest BCUT2D eigenvalue weighted by atomic mass is 16.4. The number of hydrogen-bond donors (Lipinski definition) is 1. The van der Waals surface area contributed by atoms with Gasteiger partial charge in [0.1, 0.15) is 0 Å². The number of rotatable bonds is 4. The molecule has 92 valence electrons. The third-order valence-electron chi connectivity index (χ3n) is 3.39. The Morgan fingerprint density at radius 2 is 2.29 bits per heavy atom. The lowest BCUT2D eigenvalue weighted by Gasteiger charge is -2.26. The first-order valence-electron chi connectivity index (χ1n) is 6.17. The molecule has 3 heteroatoms. The van der Waals surface area contributed by atoms with Crippen LogP contribution in [0.4, 0.5) is 0 Å². The first kappa shape index (κ1) is 12.1. The number of aryl methyl sites for hydroxylation is 1. The van der Waals surface area contributed by atoms with Gasteiger partial charge in [-0.05, 0) is 43.0 Å². The lowest BCUT2D eigenvalue weighted by atomic mass is 9.92. The van der Waals surface area contributed by atoms with Crippen molar-refractivity contribution in [1.29, 1.82) is 0 Å². The van der Waals surface area contributed by atoms with E-state index in [1.165, 1.54) is 16.7 Å². The Hall–Kier alpha value is -1.35. The van der Waals surface area contributed by atoms with Crippen molar-refractivity contribution in [3.8, 4) is 0 Å². The molecule has 1 aliphatic rings. The highest BCUT2D eigenvalue weighted by molar-refractivity contribution is 5.66. The van der Waals surface area contributed by atoms with Crippen molar-refractivity contribution in [2.45, 2.75) is 32.2 Å². The molecule has 0 aromatic heterocycles. The van der Waals surface area contributed by atoms with E-state index in [4.69, 9.17) is 5.11 Å². The molecule has 2 rings (SSSR count). The summed E-state index contributed by atoms with van der Waals surface area (Å²) < 4.78 is 0. The fraction of sp³-hybridized carbons (Fsp3) is 0.500. The maximum Gasteiger partial charge on any atom is 0.303 e. The van der Waals surface area contributed by atoms with Crippen LogP contribution in [0.2, 0.25) is 0 Å². The zero-order chi connectivity index (χ0) is 12.3. The fourth-order valence-corrected chi connectivity index (χ4v) is 2.49. The van der Waals surface area contributed by atoms with Gasteiger partial charge < -0.3 is 10.0 Å². The number of carboxylic acid groups (broad SMARTS) is 1. The van der Waals surface area contributed by atoms with Crippen LogP contribution in [-0.2, 0) is 24.2 Å². The molecule has 1 aromatic rings. The third-order valence-corrected chi connectivity index (χ3v) is 3.39. The van der Waals surface area contributed by atoms with E-state index in [0.29, 0.717) is 0 Å². The molecule has 0 spiro atoms. The summed E-state index contributed by atoms with van der Waals surface area (Å²) in [5.74, 6) is -0.700. The molecule has 1 aromatic carbocycles. The van der Waals surface area contributed by atoms with Crippen LogP contribution < -0.4 is 0 Å². The summed E-state index contributed by atoms with van der Waals surface area (Å²) in [4.78, 5) is 12.8. The van der Waals surface area contributed by atoms with Crippen molar-refractivity contribution < 1.29 is 9.90 Å². The Labute approximate surface area is 102 Å². The maximum atomic E-state index is 10.5. The summed E-state index contributed by atoms with van der Waals surface area (Å²) in [5.41, 5.74) is 4.21. The molecule has 1 aliphatic heterocycles. The first-order valence-corrected chi connectivity index (χ1v) is 6.17. The molecule has 0 atom stereocenters. The topological polar surface area (TPSA) is 40.5 Å². The number of likely N-dealkylation sites (N-methyl/N-ethyl adjacent to an activating group) is 1. The predicted octanol–water partition coefficient (Wildman–Crippen LogP) is 2.08. The minimum Gasteiger partial charge on any atom is -0.481 e. The molecule has 0 saturated heterocycles. The summed E-state index contributed by atoms with van der Waals surface area (Å²) in [6, 6.07) is 6.42. The van der Waals surface area contributed by atoms with Crippen molar-refractivity contribution in [1.82, 2.24) is 4.90 Å². The minimum atomic E-state index is -0.700. The molecule has 0 fully saturated rings. The van der Waals surface area contributed by atoms with Crippen molar-refractivity contribution in [2.24, 2.45) is 0 Å². The number of carbonyl (C=O) groups is 1. The number of fused-ring (bicyclic) bond motifs is 1. The normalized spacial score (nSPS) is 15.6.